The predicted molar refractivity (Wildman–Crippen MR) is 92.3 cm³/mol. The van der Waals surface area contributed by atoms with Crippen LogP contribution < -0.4 is 20.7 Å². The van der Waals surface area contributed by atoms with Crippen molar-refractivity contribution < 1.29 is 18.3 Å². The van der Waals surface area contributed by atoms with Crippen LogP contribution in [0.25, 0.3) is 0 Å². The topological polar surface area (TPSA) is 91.8 Å². The third kappa shape index (κ3) is 4.83. The van der Waals surface area contributed by atoms with Crippen LogP contribution in [-0.4, -0.2) is 4.98 Å². The molecular formula is C19H17NO6. The Labute approximate surface area is 148 Å². The summed E-state index contributed by atoms with van der Waals surface area (Å²) in [4.78, 5) is 27.1. The summed E-state index contributed by atoms with van der Waals surface area (Å²) in [5, 5.41) is 0. The molecule has 0 saturated carbocycles. The van der Waals surface area contributed by atoms with Crippen LogP contribution in [0.1, 0.15) is 22.9 Å². The van der Waals surface area contributed by atoms with Crippen LogP contribution in [0.4, 0.5) is 0 Å². The first kappa shape index (κ1) is 17.5. The summed E-state index contributed by atoms with van der Waals surface area (Å²) in [6.45, 7) is 3.75. The molecule has 3 aromatic rings. The molecule has 134 valence electrons. The quantitative estimate of drug-likeness (QED) is 0.671. The number of rotatable bonds is 6. The van der Waals surface area contributed by atoms with Gasteiger partial charge in [-0.3, -0.25) is 4.98 Å². The molecule has 0 atom stereocenters. The SMILES string of the molecule is Cc1cc(OCc2cccc(COc3cc(C)oc(=O)c3)n2)cc(=O)o1. The zero-order valence-electron chi connectivity index (χ0n) is 14.4. The number of aromatic nitrogens is 1. The molecule has 3 heterocycles. The van der Waals surface area contributed by atoms with E-state index in [1.165, 1.54) is 12.1 Å². The maximum Gasteiger partial charge on any atom is 0.339 e. The Morgan fingerprint density at radius 1 is 0.808 bits per heavy atom. The molecule has 0 unspecified atom stereocenters. The average Bonchev–Trinajstić information content (AvgIpc) is 2.57. The second kappa shape index (κ2) is 7.69. The number of hydrogen-bond acceptors (Lipinski definition) is 7. The predicted octanol–water partition coefficient (Wildman–Crippen LogP) is 2.76. The number of hydrogen-bond donors (Lipinski definition) is 0. The van der Waals surface area contributed by atoms with Gasteiger partial charge < -0.3 is 18.3 Å². The standard InChI is InChI=1S/C19H17NO6/c1-12-6-16(8-18(21)25-12)23-10-14-4-3-5-15(20-14)11-24-17-7-13(2)26-19(22)9-17/h3-9H,10-11H2,1-2H3. The highest BCUT2D eigenvalue weighted by atomic mass is 16.5. The largest absolute Gasteiger partial charge is 0.487 e. The van der Waals surface area contributed by atoms with Gasteiger partial charge in [0.2, 0.25) is 0 Å². The smallest absolute Gasteiger partial charge is 0.339 e. The van der Waals surface area contributed by atoms with Gasteiger partial charge >= 0.3 is 11.3 Å². The van der Waals surface area contributed by atoms with Gasteiger partial charge in [0.15, 0.2) is 0 Å². The van der Waals surface area contributed by atoms with Gasteiger partial charge in [-0.05, 0) is 26.0 Å². The lowest BCUT2D eigenvalue weighted by atomic mass is 10.3. The van der Waals surface area contributed by atoms with Crippen molar-refractivity contribution in [1.82, 2.24) is 4.98 Å². The number of aryl methyl sites for hydroxylation is 2. The van der Waals surface area contributed by atoms with E-state index in [2.05, 4.69) is 4.98 Å². The third-order valence-electron chi connectivity index (χ3n) is 3.37. The zero-order valence-corrected chi connectivity index (χ0v) is 14.4. The normalized spacial score (nSPS) is 10.5. The molecule has 7 nitrogen and oxygen atoms in total. The lowest BCUT2D eigenvalue weighted by molar-refractivity contribution is 0.285. The first-order chi connectivity index (χ1) is 12.5. The van der Waals surface area contributed by atoms with Crippen molar-refractivity contribution >= 4 is 0 Å². The van der Waals surface area contributed by atoms with E-state index in [1.807, 2.05) is 18.2 Å². The van der Waals surface area contributed by atoms with Gasteiger partial charge in [0.1, 0.15) is 36.2 Å². The molecule has 0 amide bonds. The Morgan fingerprint density at radius 3 is 1.69 bits per heavy atom. The van der Waals surface area contributed by atoms with Crippen molar-refractivity contribution in [2.75, 3.05) is 0 Å². The maximum atomic E-state index is 11.3. The lowest BCUT2D eigenvalue weighted by Gasteiger charge is -2.08. The van der Waals surface area contributed by atoms with E-state index < -0.39 is 11.3 Å². The molecule has 3 aromatic heterocycles. The van der Waals surface area contributed by atoms with Crippen molar-refractivity contribution in [3.63, 3.8) is 0 Å². The van der Waals surface area contributed by atoms with Gasteiger partial charge in [0, 0.05) is 12.1 Å². The first-order valence-electron chi connectivity index (χ1n) is 7.92. The highest BCUT2D eigenvalue weighted by Crippen LogP contribution is 2.14. The highest BCUT2D eigenvalue weighted by molar-refractivity contribution is 5.22. The van der Waals surface area contributed by atoms with E-state index >= 15 is 0 Å². The Kier molecular flexibility index (Phi) is 5.17. The maximum absolute atomic E-state index is 11.3. The number of ether oxygens (including phenoxy) is 2. The second-order valence-corrected chi connectivity index (χ2v) is 5.64. The summed E-state index contributed by atoms with van der Waals surface area (Å²) >= 11 is 0. The average molecular weight is 355 g/mol. The fourth-order valence-electron chi connectivity index (χ4n) is 2.32. The molecule has 3 rings (SSSR count). The minimum absolute atomic E-state index is 0.199. The van der Waals surface area contributed by atoms with Gasteiger partial charge in [-0.2, -0.15) is 0 Å². The van der Waals surface area contributed by atoms with E-state index in [9.17, 15) is 9.59 Å². The van der Waals surface area contributed by atoms with Crippen molar-refractivity contribution in [1.29, 1.82) is 0 Å². The van der Waals surface area contributed by atoms with E-state index in [4.69, 9.17) is 18.3 Å². The van der Waals surface area contributed by atoms with E-state index in [0.29, 0.717) is 34.4 Å². The molecule has 0 fully saturated rings. The summed E-state index contributed by atoms with van der Waals surface area (Å²) in [6.07, 6.45) is 0. The van der Waals surface area contributed by atoms with Crippen molar-refractivity contribution in [3.05, 3.63) is 86.2 Å². The Bertz CT molecular complexity index is 942. The molecule has 26 heavy (non-hydrogen) atoms. The Balaban J connectivity index is 1.64. The van der Waals surface area contributed by atoms with E-state index in [-0.39, 0.29) is 13.2 Å². The van der Waals surface area contributed by atoms with Crippen LogP contribution in [0.2, 0.25) is 0 Å². The van der Waals surface area contributed by atoms with E-state index in [1.54, 1.807) is 26.0 Å². The number of nitrogens with zero attached hydrogens (tertiary/aromatic N) is 1. The monoisotopic (exact) mass is 355 g/mol. The van der Waals surface area contributed by atoms with Crippen LogP contribution in [0.5, 0.6) is 11.5 Å². The van der Waals surface area contributed by atoms with Gasteiger partial charge in [-0.25, -0.2) is 9.59 Å². The minimum atomic E-state index is -0.460. The molecular weight excluding hydrogens is 338 g/mol. The summed E-state index contributed by atoms with van der Waals surface area (Å²) in [5.41, 5.74) is 0.442. The van der Waals surface area contributed by atoms with Crippen molar-refractivity contribution in [2.45, 2.75) is 27.1 Å². The van der Waals surface area contributed by atoms with E-state index in [0.717, 1.165) is 0 Å². The Morgan fingerprint density at radius 2 is 1.27 bits per heavy atom. The summed E-state index contributed by atoms with van der Waals surface area (Å²) in [6, 6.07) is 11.3. The fourth-order valence-corrected chi connectivity index (χ4v) is 2.32. The van der Waals surface area contributed by atoms with Crippen LogP contribution in [0.15, 0.2) is 60.9 Å². The molecule has 0 N–H and O–H groups in total. The Hall–Kier alpha value is -3.35. The molecule has 0 spiro atoms. The number of pyridine rings is 1. The highest BCUT2D eigenvalue weighted by Gasteiger charge is 2.04. The van der Waals surface area contributed by atoms with Crippen LogP contribution in [0, 0.1) is 13.8 Å². The summed E-state index contributed by atoms with van der Waals surface area (Å²) < 4.78 is 20.9. The molecule has 7 heteroatoms. The molecule has 0 aliphatic heterocycles. The van der Waals surface area contributed by atoms with Gasteiger partial charge in [-0.1, -0.05) is 6.07 Å². The lowest BCUT2D eigenvalue weighted by Crippen LogP contribution is -2.06. The minimum Gasteiger partial charge on any atom is -0.487 e. The first-order valence-corrected chi connectivity index (χ1v) is 7.92. The summed E-state index contributed by atoms with van der Waals surface area (Å²) in [5.74, 6) is 1.80. The second-order valence-electron chi connectivity index (χ2n) is 5.64. The van der Waals surface area contributed by atoms with Crippen molar-refractivity contribution in [3.8, 4) is 11.5 Å². The molecule has 0 aromatic carbocycles. The van der Waals surface area contributed by atoms with Gasteiger partial charge in [0.25, 0.3) is 0 Å². The molecule has 0 bridgehead atoms. The summed E-state index contributed by atoms with van der Waals surface area (Å²) in [7, 11) is 0. The molecule has 0 saturated heterocycles. The van der Waals surface area contributed by atoms with Gasteiger partial charge in [0.05, 0.1) is 23.5 Å². The third-order valence-corrected chi connectivity index (χ3v) is 3.37. The van der Waals surface area contributed by atoms with Crippen LogP contribution in [-0.2, 0) is 13.2 Å². The zero-order chi connectivity index (χ0) is 18.5. The van der Waals surface area contributed by atoms with Crippen molar-refractivity contribution in [2.24, 2.45) is 0 Å². The molecule has 0 aliphatic carbocycles. The van der Waals surface area contributed by atoms with Gasteiger partial charge in [-0.15, -0.1) is 0 Å². The fraction of sp³-hybridized carbons (Fsp3) is 0.211. The molecule has 0 aliphatic rings. The van der Waals surface area contributed by atoms with Crippen LogP contribution in [0.3, 0.4) is 0 Å². The van der Waals surface area contributed by atoms with Crippen LogP contribution >= 0.6 is 0 Å². The molecule has 0 radical (unpaired) electrons.